The van der Waals surface area contributed by atoms with Gasteiger partial charge in [0.1, 0.15) is 5.75 Å². The summed E-state index contributed by atoms with van der Waals surface area (Å²) in [4.78, 5) is 20.0. The van der Waals surface area contributed by atoms with Gasteiger partial charge in [-0.1, -0.05) is 72.3 Å². The first-order valence-corrected chi connectivity index (χ1v) is 12.5. The molecule has 0 N–H and O–H groups in total. The molecule has 1 aromatic heterocycles. The summed E-state index contributed by atoms with van der Waals surface area (Å²) >= 11 is 6.80. The molecule has 4 aromatic rings. The molecule has 35 heavy (non-hydrogen) atoms. The van der Waals surface area contributed by atoms with Crippen LogP contribution >= 0.6 is 11.6 Å². The van der Waals surface area contributed by atoms with Crippen molar-refractivity contribution in [2.24, 2.45) is 0 Å². The number of carbonyl (C=O) groups is 1. The lowest BCUT2D eigenvalue weighted by Crippen LogP contribution is -2.38. The zero-order valence-electron chi connectivity index (χ0n) is 19.9. The molecule has 0 saturated carbocycles. The van der Waals surface area contributed by atoms with Crippen LogP contribution in [0.3, 0.4) is 0 Å². The monoisotopic (exact) mass is 484 g/mol. The predicted molar refractivity (Wildman–Crippen MR) is 141 cm³/mol. The van der Waals surface area contributed by atoms with Gasteiger partial charge in [0.2, 0.25) is 0 Å². The number of methoxy groups -OCH3 is 1. The Labute approximate surface area is 211 Å². The van der Waals surface area contributed by atoms with E-state index >= 15 is 0 Å². The van der Waals surface area contributed by atoms with E-state index in [9.17, 15) is 4.79 Å². The standard InChI is InChI=1S/C30H29ClN2O2/c1-35-25-14-11-21(12-15-25)10-13-24-8-5-9-26-28(31)27(20-32-29(24)26)30(34)33-18-16-23(17-19-33)22-6-3-2-4-7-22/h2-9,11-12,14-15,20,23H,10,13,16-19H2,1H3. The number of halogens is 1. The quantitative estimate of drug-likeness (QED) is 0.305. The molecule has 0 radical (unpaired) electrons. The molecule has 1 aliphatic rings. The molecule has 0 aliphatic carbocycles. The Bertz CT molecular complexity index is 1310. The van der Waals surface area contributed by atoms with Gasteiger partial charge in [-0.2, -0.15) is 0 Å². The average molecular weight is 485 g/mol. The van der Waals surface area contributed by atoms with Gasteiger partial charge in [-0.15, -0.1) is 0 Å². The molecular weight excluding hydrogens is 456 g/mol. The number of carbonyl (C=O) groups excluding carboxylic acids is 1. The summed E-state index contributed by atoms with van der Waals surface area (Å²) in [7, 11) is 1.67. The molecular formula is C30H29ClN2O2. The second-order valence-electron chi connectivity index (χ2n) is 9.12. The lowest BCUT2D eigenvalue weighted by atomic mass is 9.89. The number of aromatic nitrogens is 1. The summed E-state index contributed by atoms with van der Waals surface area (Å²) in [6.45, 7) is 1.46. The van der Waals surface area contributed by atoms with Gasteiger partial charge in [-0.3, -0.25) is 9.78 Å². The van der Waals surface area contributed by atoms with E-state index in [0.717, 1.165) is 61.0 Å². The number of pyridine rings is 1. The third-order valence-corrected chi connectivity index (χ3v) is 7.45. The summed E-state index contributed by atoms with van der Waals surface area (Å²) in [6, 6.07) is 24.7. The molecule has 0 unspecified atom stereocenters. The summed E-state index contributed by atoms with van der Waals surface area (Å²) in [5.74, 6) is 1.33. The van der Waals surface area contributed by atoms with E-state index in [-0.39, 0.29) is 5.91 Å². The van der Waals surface area contributed by atoms with Crippen LogP contribution in [0.15, 0.2) is 79.0 Å². The van der Waals surface area contributed by atoms with Gasteiger partial charge in [0.05, 0.1) is 23.2 Å². The molecule has 1 aliphatic heterocycles. The van der Waals surface area contributed by atoms with Gasteiger partial charge in [-0.05, 0) is 60.4 Å². The van der Waals surface area contributed by atoms with Gasteiger partial charge in [0, 0.05) is 24.7 Å². The Morgan fingerprint density at radius 3 is 2.43 bits per heavy atom. The van der Waals surface area contributed by atoms with Crippen LogP contribution in [0.5, 0.6) is 5.75 Å². The number of benzene rings is 3. The van der Waals surface area contributed by atoms with E-state index in [0.29, 0.717) is 16.5 Å². The topological polar surface area (TPSA) is 42.4 Å². The van der Waals surface area contributed by atoms with Crippen molar-refractivity contribution < 1.29 is 9.53 Å². The fourth-order valence-corrected chi connectivity index (χ4v) is 5.27. The van der Waals surface area contributed by atoms with E-state index in [1.807, 2.05) is 35.2 Å². The molecule has 0 spiro atoms. The maximum atomic E-state index is 13.3. The van der Waals surface area contributed by atoms with E-state index in [1.54, 1.807) is 13.3 Å². The SMILES string of the molecule is COc1ccc(CCc2cccc3c(Cl)c(C(=O)N4CCC(c5ccccc5)CC4)cnc23)cc1. The van der Waals surface area contributed by atoms with Gasteiger partial charge in [-0.25, -0.2) is 0 Å². The minimum absolute atomic E-state index is 0.0282. The Morgan fingerprint density at radius 2 is 1.71 bits per heavy atom. The van der Waals surface area contributed by atoms with Gasteiger partial charge in [0.15, 0.2) is 0 Å². The second-order valence-corrected chi connectivity index (χ2v) is 9.50. The van der Waals surface area contributed by atoms with Crippen molar-refractivity contribution in [3.63, 3.8) is 0 Å². The highest BCUT2D eigenvalue weighted by Gasteiger charge is 2.26. The van der Waals surface area contributed by atoms with Crippen molar-refractivity contribution in [1.29, 1.82) is 0 Å². The van der Waals surface area contributed by atoms with Crippen molar-refractivity contribution in [2.75, 3.05) is 20.2 Å². The number of amides is 1. The number of piperidine rings is 1. The molecule has 0 atom stereocenters. The number of para-hydroxylation sites is 1. The Balaban J connectivity index is 1.30. The van der Waals surface area contributed by atoms with Gasteiger partial charge >= 0.3 is 0 Å². The van der Waals surface area contributed by atoms with Crippen LogP contribution in [0.1, 0.15) is 45.8 Å². The Kier molecular flexibility index (Phi) is 7.01. The van der Waals surface area contributed by atoms with E-state index in [2.05, 4.69) is 42.5 Å². The van der Waals surface area contributed by atoms with E-state index < -0.39 is 0 Å². The highest BCUT2D eigenvalue weighted by atomic mass is 35.5. The molecule has 3 aromatic carbocycles. The van der Waals surface area contributed by atoms with Crippen LogP contribution in [0.2, 0.25) is 5.02 Å². The van der Waals surface area contributed by atoms with Crippen molar-refractivity contribution in [3.8, 4) is 5.75 Å². The highest BCUT2D eigenvalue weighted by molar-refractivity contribution is 6.38. The maximum absolute atomic E-state index is 13.3. The van der Waals surface area contributed by atoms with Gasteiger partial charge in [0.25, 0.3) is 5.91 Å². The molecule has 0 bridgehead atoms. The number of fused-ring (bicyclic) bond motifs is 1. The number of likely N-dealkylation sites (tertiary alicyclic amines) is 1. The molecule has 1 amide bonds. The van der Waals surface area contributed by atoms with Crippen molar-refractivity contribution in [2.45, 2.75) is 31.6 Å². The van der Waals surface area contributed by atoms with E-state index in [4.69, 9.17) is 21.3 Å². The Morgan fingerprint density at radius 1 is 0.971 bits per heavy atom. The third kappa shape index (κ3) is 5.03. The number of rotatable bonds is 6. The lowest BCUT2D eigenvalue weighted by molar-refractivity contribution is 0.0713. The molecule has 178 valence electrons. The first kappa shape index (κ1) is 23.4. The minimum atomic E-state index is -0.0282. The van der Waals surface area contributed by atoms with Crippen LogP contribution in [0.4, 0.5) is 0 Å². The van der Waals surface area contributed by atoms with Crippen LogP contribution in [0.25, 0.3) is 10.9 Å². The third-order valence-electron chi connectivity index (χ3n) is 7.04. The van der Waals surface area contributed by atoms with Crippen molar-refractivity contribution in [1.82, 2.24) is 9.88 Å². The van der Waals surface area contributed by atoms with Gasteiger partial charge < -0.3 is 9.64 Å². The normalized spacial score (nSPS) is 14.3. The van der Waals surface area contributed by atoms with Crippen LogP contribution in [0, 0.1) is 0 Å². The molecule has 5 heteroatoms. The Hall–Kier alpha value is -3.37. The average Bonchev–Trinajstić information content (AvgIpc) is 2.93. The van der Waals surface area contributed by atoms with Crippen LogP contribution in [-0.2, 0) is 12.8 Å². The summed E-state index contributed by atoms with van der Waals surface area (Å²) in [5, 5.41) is 1.33. The summed E-state index contributed by atoms with van der Waals surface area (Å²) < 4.78 is 5.25. The fraction of sp³-hybridized carbons (Fsp3) is 0.267. The lowest BCUT2D eigenvalue weighted by Gasteiger charge is -2.32. The fourth-order valence-electron chi connectivity index (χ4n) is 4.99. The summed E-state index contributed by atoms with van der Waals surface area (Å²) in [5.41, 5.74) is 5.07. The molecule has 5 rings (SSSR count). The molecule has 1 fully saturated rings. The first-order valence-electron chi connectivity index (χ1n) is 12.2. The number of ether oxygens (including phenoxy) is 1. The minimum Gasteiger partial charge on any atom is -0.497 e. The smallest absolute Gasteiger partial charge is 0.256 e. The second kappa shape index (κ2) is 10.5. The molecule has 4 nitrogen and oxygen atoms in total. The summed E-state index contributed by atoms with van der Waals surface area (Å²) in [6.07, 6.45) is 5.31. The molecule has 2 heterocycles. The van der Waals surface area contributed by atoms with Crippen molar-refractivity contribution in [3.05, 3.63) is 106 Å². The number of hydrogen-bond acceptors (Lipinski definition) is 3. The largest absolute Gasteiger partial charge is 0.497 e. The number of hydrogen-bond donors (Lipinski definition) is 0. The van der Waals surface area contributed by atoms with Crippen molar-refractivity contribution >= 4 is 28.4 Å². The zero-order chi connectivity index (χ0) is 24.2. The molecule has 1 saturated heterocycles. The predicted octanol–water partition coefficient (Wildman–Crippen LogP) is 6.70. The maximum Gasteiger partial charge on any atom is 0.256 e. The first-order chi connectivity index (χ1) is 17.1. The number of nitrogens with zero attached hydrogens (tertiary/aromatic N) is 2. The number of aryl methyl sites for hydroxylation is 2. The zero-order valence-corrected chi connectivity index (χ0v) is 20.7. The van der Waals surface area contributed by atoms with Crippen LogP contribution in [-0.4, -0.2) is 36.0 Å². The van der Waals surface area contributed by atoms with Crippen LogP contribution < -0.4 is 4.74 Å². The highest BCUT2D eigenvalue weighted by Crippen LogP contribution is 2.32. The van der Waals surface area contributed by atoms with E-state index in [1.165, 1.54) is 11.1 Å².